The molecular weight excluding hydrogens is 306 g/mol. The van der Waals surface area contributed by atoms with E-state index in [4.69, 9.17) is 0 Å². The Bertz CT molecular complexity index is 536. The van der Waals surface area contributed by atoms with Crippen molar-refractivity contribution in [1.82, 2.24) is 14.9 Å². The van der Waals surface area contributed by atoms with Crippen LogP contribution in [0.3, 0.4) is 0 Å². The van der Waals surface area contributed by atoms with Gasteiger partial charge in [0.2, 0.25) is 10.0 Å². The van der Waals surface area contributed by atoms with Gasteiger partial charge in [0, 0.05) is 19.6 Å². The summed E-state index contributed by atoms with van der Waals surface area (Å²) in [7, 11) is -1.51. The lowest BCUT2D eigenvalue weighted by atomic mass is 10.2. The van der Waals surface area contributed by atoms with Crippen LogP contribution in [0.4, 0.5) is 0 Å². The molecule has 1 fully saturated rings. The van der Waals surface area contributed by atoms with E-state index in [0.29, 0.717) is 23.2 Å². The minimum Gasteiger partial charge on any atom is -0.316 e. The van der Waals surface area contributed by atoms with Crippen LogP contribution in [0.2, 0.25) is 0 Å². The average Bonchev–Trinajstić information content (AvgIpc) is 3.09. The number of hydrogen-bond donors (Lipinski definition) is 2. The summed E-state index contributed by atoms with van der Waals surface area (Å²) in [6.07, 6.45) is 2.53. The number of sulfonamides is 1. The van der Waals surface area contributed by atoms with E-state index in [1.54, 1.807) is 6.07 Å². The molecule has 0 bridgehead atoms. The molecule has 2 heterocycles. The van der Waals surface area contributed by atoms with Crippen molar-refractivity contribution in [3.63, 3.8) is 0 Å². The fourth-order valence-electron chi connectivity index (χ4n) is 2.58. The zero-order valence-corrected chi connectivity index (χ0v) is 14.4. The molecule has 1 saturated heterocycles. The second kappa shape index (κ2) is 7.69. The fourth-order valence-corrected chi connectivity index (χ4v) is 5.00. The molecule has 1 aromatic heterocycles. The molecule has 0 aromatic carbocycles. The van der Waals surface area contributed by atoms with Crippen LogP contribution in [0, 0.1) is 5.92 Å². The summed E-state index contributed by atoms with van der Waals surface area (Å²) in [5.74, 6) is 0.328. The molecule has 1 aliphatic rings. The van der Waals surface area contributed by atoms with E-state index in [-0.39, 0.29) is 0 Å². The minimum atomic E-state index is -3.36. The van der Waals surface area contributed by atoms with Crippen molar-refractivity contribution < 1.29 is 8.42 Å². The van der Waals surface area contributed by atoms with E-state index >= 15 is 0 Å². The third kappa shape index (κ3) is 5.03. The Morgan fingerprint density at radius 2 is 2.10 bits per heavy atom. The van der Waals surface area contributed by atoms with Crippen molar-refractivity contribution >= 4 is 21.4 Å². The zero-order chi connectivity index (χ0) is 15.3. The number of nitrogens with one attached hydrogen (secondary N) is 2. The molecule has 0 radical (unpaired) electrons. The molecule has 2 N–H and O–H groups in total. The zero-order valence-electron chi connectivity index (χ0n) is 12.8. The van der Waals surface area contributed by atoms with Crippen LogP contribution in [-0.4, -0.2) is 46.5 Å². The Morgan fingerprint density at radius 3 is 2.76 bits per heavy atom. The molecular formula is C14H25N3O2S2. The van der Waals surface area contributed by atoms with Gasteiger partial charge in [0.15, 0.2) is 0 Å². The molecule has 2 rings (SSSR count). The monoisotopic (exact) mass is 331 g/mol. The van der Waals surface area contributed by atoms with E-state index in [2.05, 4.69) is 21.9 Å². The highest BCUT2D eigenvalue weighted by molar-refractivity contribution is 7.91. The largest absolute Gasteiger partial charge is 0.316 e. The topological polar surface area (TPSA) is 61.4 Å². The molecule has 5 nitrogen and oxygen atoms in total. The first-order valence-electron chi connectivity index (χ1n) is 7.45. The van der Waals surface area contributed by atoms with Crippen molar-refractivity contribution in [1.29, 1.82) is 0 Å². The van der Waals surface area contributed by atoms with Crippen molar-refractivity contribution in [3.8, 4) is 0 Å². The van der Waals surface area contributed by atoms with Crippen molar-refractivity contribution in [2.24, 2.45) is 5.92 Å². The molecule has 1 aromatic rings. The molecule has 0 amide bonds. The average molecular weight is 332 g/mol. The molecule has 0 aliphatic carbocycles. The maximum absolute atomic E-state index is 12.3. The smallest absolute Gasteiger partial charge is 0.250 e. The van der Waals surface area contributed by atoms with Crippen LogP contribution >= 0.6 is 11.3 Å². The van der Waals surface area contributed by atoms with Gasteiger partial charge >= 0.3 is 0 Å². The summed E-state index contributed by atoms with van der Waals surface area (Å²) in [5.41, 5.74) is 1.01. The Hall–Kier alpha value is -0.470. The lowest BCUT2D eigenvalue weighted by molar-refractivity contribution is 0.288. The minimum absolute atomic E-state index is 0.328. The van der Waals surface area contributed by atoms with E-state index in [1.807, 2.05) is 12.4 Å². The molecule has 120 valence electrons. The van der Waals surface area contributed by atoms with Gasteiger partial charge in [0.25, 0.3) is 0 Å². The standard InChI is InChI=1S/C14H25N3O2S2/c1-12(10-17-5-3-4-6-17)8-16-21(18,19)14-7-13(9-15-2)11-20-14/h7,11-12,15-16H,3-6,8-10H2,1-2H3. The highest BCUT2D eigenvalue weighted by Crippen LogP contribution is 2.20. The van der Waals surface area contributed by atoms with Crippen LogP contribution in [0.15, 0.2) is 15.7 Å². The van der Waals surface area contributed by atoms with Gasteiger partial charge in [0.05, 0.1) is 0 Å². The second-order valence-electron chi connectivity index (χ2n) is 5.77. The van der Waals surface area contributed by atoms with Gasteiger partial charge in [-0.15, -0.1) is 11.3 Å². The maximum Gasteiger partial charge on any atom is 0.250 e. The molecule has 21 heavy (non-hydrogen) atoms. The third-order valence-electron chi connectivity index (χ3n) is 3.67. The van der Waals surface area contributed by atoms with Crippen LogP contribution in [-0.2, 0) is 16.6 Å². The lowest BCUT2D eigenvalue weighted by Crippen LogP contribution is -2.34. The van der Waals surface area contributed by atoms with Crippen molar-refractivity contribution in [2.75, 3.05) is 33.2 Å². The van der Waals surface area contributed by atoms with E-state index < -0.39 is 10.0 Å². The summed E-state index contributed by atoms with van der Waals surface area (Å²) in [6, 6.07) is 1.74. The Kier molecular flexibility index (Phi) is 6.19. The van der Waals surface area contributed by atoms with Crippen molar-refractivity contribution in [3.05, 3.63) is 17.0 Å². The summed E-state index contributed by atoms with van der Waals surface area (Å²) in [4.78, 5) is 2.41. The molecule has 0 saturated carbocycles. The van der Waals surface area contributed by atoms with Crippen LogP contribution in [0.5, 0.6) is 0 Å². The highest BCUT2D eigenvalue weighted by Gasteiger charge is 2.19. The van der Waals surface area contributed by atoms with Crippen molar-refractivity contribution in [2.45, 2.75) is 30.5 Å². The summed E-state index contributed by atoms with van der Waals surface area (Å²) >= 11 is 1.28. The molecule has 7 heteroatoms. The second-order valence-corrected chi connectivity index (χ2v) is 8.67. The molecule has 1 atom stereocenters. The fraction of sp³-hybridized carbons (Fsp3) is 0.714. The SMILES string of the molecule is CNCc1csc(S(=O)(=O)NCC(C)CN2CCCC2)c1. The van der Waals surface area contributed by atoms with Gasteiger partial charge in [-0.05, 0) is 55.9 Å². The highest BCUT2D eigenvalue weighted by atomic mass is 32.2. The van der Waals surface area contributed by atoms with Gasteiger partial charge < -0.3 is 10.2 Å². The van der Waals surface area contributed by atoms with Crippen LogP contribution in [0.25, 0.3) is 0 Å². The van der Waals surface area contributed by atoms with Gasteiger partial charge in [-0.25, -0.2) is 13.1 Å². The maximum atomic E-state index is 12.3. The number of rotatable bonds is 8. The summed E-state index contributed by atoms with van der Waals surface area (Å²) in [5, 5.41) is 4.91. The van der Waals surface area contributed by atoms with Crippen LogP contribution < -0.4 is 10.0 Å². The van der Waals surface area contributed by atoms with Gasteiger partial charge in [-0.2, -0.15) is 0 Å². The number of likely N-dealkylation sites (tertiary alicyclic amines) is 1. The Balaban J connectivity index is 1.84. The first-order chi connectivity index (χ1) is 10.0. The predicted octanol–water partition coefficient (Wildman–Crippen LogP) is 1.48. The van der Waals surface area contributed by atoms with Gasteiger partial charge in [-0.3, -0.25) is 0 Å². The Morgan fingerprint density at radius 1 is 1.38 bits per heavy atom. The number of thiophene rings is 1. The molecule has 1 unspecified atom stereocenters. The van der Waals surface area contributed by atoms with Gasteiger partial charge in [0.1, 0.15) is 4.21 Å². The number of nitrogens with zero attached hydrogens (tertiary/aromatic N) is 1. The summed E-state index contributed by atoms with van der Waals surface area (Å²) in [6.45, 7) is 6.56. The van der Waals surface area contributed by atoms with Gasteiger partial charge in [-0.1, -0.05) is 6.92 Å². The first-order valence-corrected chi connectivity index (χ1v) is 9.81. The Labute approximate surface area is 131 Å². The van der Waals surface area contributed by atoms with E-state index in [0.717, 1.165) is 25.2 Å². The molecule has 0 spiro atoms. The predicted molar refractivity (Wildman–Crippen MR) is 87.1 cm³/mol. The van der Waals surface area contributed by atoms with E-state index in [1.165, 1.54) is 24.2 Å². The third-order valence-corrected chi connectivity index (χ3v) is 6.58. The lowest BCUT2D eigenvalue weighted by Gasteiger charge is -2.20. The summed E-state index contributed by atoms with van der Waals surface area (Å²) < 4.78 is 27.7. The molecule has 1 aliphatic heterocycles. The van der Waals surface area contributed by atoms with E-state index in [9.17, 15) is 8.42 Å². The number of hydrogen-bond acceptors (Lipinski definition) is 5. The van der Waals surface area contributed by atoms with Crippen LogP contribution in [0.1, 0.15) is 25.3 Å². The quantitative estimate of drug-likeness (QED) is 0.757. The normalized spacial score (nSPS) is 18.2. The first kappa shape index (κ1) is 16.9.